The Kier molecular flexibility index (Phi) is 11.3. The summed E-state index contributed by atoms with van der Waals surface area (Å²) in [7, 11) is -2.13. The van der Waals surface area contributed by atoms with Crippen molar-refractivity contribution in [2.45, 2.75) is 63.1 Å². The maximum absolute atomic E-state index is 14.1. The molecule has 1 unspecified atom stereocenters. The Hall–Kier alpha value is -3.25. The van der Waals surface area contributed by atoms with Crippen molar-refractivity contribution in [1.82, 2.24) is 14.5 Å². The van der Waals surface area contributed by atoms with Crippen LogP contribution in [-0.4, -0.2) is 74.8 Å². The summed E-state index contributed by atoms with van der Waals surface area (Å²) in [5, 5.41) is 7.79. The quantitative estimate of drug-likeness (QED) is 0.161. The Labute approximate surface area is 254 Å². The Bertz CT molecular complexity index is 1460. The second-order valence-corrected chi connectivity index (χ2v) is 12.3. The molecule has 0 spiro atoms. The minimum atomic E-state index is -4.12. The molecule has 4 N–H and O–H groups in total. The zero-order valence-electron chi connectivity index (χ0n) is 24.3. The van der Waals surface area contributed by atoms with E-state index in [4.69, 9.17) is 15.9 Å². The molecule has 0 saturated heterocycles. The second-order valence-electron chi connectivity index (χ2n) is 10.6. The van der Waals surface area contributed by atoms with E-state index in [1.54, 1.807) is 43.3 Å². The number of nitrogens with one attached hydrogen (secondary N) is 2. The Morgan fingerprint density at radius 1 is 1.17 bits per heavy atom. The highest BCUT2D eigenvalue weighted by atomic mass is 35.5. The second kappa shape index (κ2) is 14.3. The van der Waals surface area contributed by atoms with Crippen LogP contribution in [-0.2, 0) is 43.7 Å². The number of halogens is 1. The first-order valence-electron chi connectivity index (χ1n) is 13.9. The normalized spacial score (nSPS) is 17.8. The summed E-state index contributed by atoms with van der Waals surface area (Å²) in [6.45, 7) is 5.57. The van der Waals surface area contributed by atoms with Gasteiger partial charge < -0.3 is 20.3 Å². The monoisotopic (exact) mass is 617 g/mol. The number of rotatable bonds is 10. The molecule has 42 heavy (non-hydrogen) atoms. The SMILES string of the molecule is CCOC(=O)C1CC(CC)=CCN1C(=O)[C@H](Cc1cccc(C(=N)N)c1)NS(=O)(=O)c1ccc2c(c1)CN(C)CC2.Cl. The van der Waals surface area contributed by atoms with E-state index in [-0.39, 0.29) is 42.7 Å². The fraction of sp³-hybridized carbons (Fsp3) is 0.433. The molecule has 0 aliphatic carbocycles. The number of ether oxygens (including phenoxy) is 1. The number of amides is 1. The third-order valence-electron chi connectivity index (χ3n) is 7.67. The van der Waals surface area contributed by atoms with Gasteiger partial charge in [0.2, 0.25) is 15.9 Å². The molecule has 2 aliphatic heterocycles. The van der Waals surface area contributed by atoms with Crippen molar-refractivity contribution in [3.63, 3.8) is 0 Å². The lowest BCUT2D eigenvalue weighted by atomic mass is 9.96. The van der Waals surface area contributed by atoms with E-state index in [1.807, 2.05) is 26.1 Å². The van der Waals surface area contributed by atoms with Crippen LogP contribution in [0.4, 0.5) is 0 Å². The van der Waals surface area contributed by atoms with Crippen LogP contribution in [0.5, 0.6) is 0 Å². The number of sulfonamides is 1. The summed E-state index contributed by atoms with van der Waals surface area (Å²) < 4.78 is 35.4. The van der Waals surface area contributed by atoms with Gasteiger partial charge in [-0.3, -0.25) is 10.2 Å². The average molecular weight is 618 g/mol. The number of nitrogens with zero attached hydrogens (tertiary/aromatic N) is 2. The number of nitrogens with two attached hydrogens (primary N) is 1. The van der Waals surface area contributed by atoms with E-state index in [9.17, 15) is 18.0 Å². The van der Waals surface area contributed by atoms with Gasteiger partial charge in [-0.1, -0.05) is 42.8 Å². The zero-order chi connectivity index (χ0) is 29.7. The van der Waals surface area contributed by atoms with Gasteiger partial charge in [0, 0.05) is 25.2 Å². The molecule has 2 aromatic rings. The number of esters is 1. The molecule has 0 radical (unpaired) electrons. The summed E-state index contributed by atoms with van der Waals surface area (Å²) >= 11 is 0. The van der Waals surface area contributed by atoms with Crippen molar-refractivity contribution < 1.29 is 22.7 Å². The molecule has 12 heteroatoms. The zero-order valence-corrected chi connectivity index (χ0v) is 25.9. The number of nitrogen functional groups attached to an aromatic ring is 1. The Morgan fingerprint density at radius 3 is 2.62 bits per heavy atom. The maximum Gasteiger partial charge on any atom is 0.329 e. The molecule has 4 rings (SSSR count). The number of hydrogen-bond acceptors (Lipinski definition) is 7. The van der Waals surface area contributed by atoms with E-state index >= 15 is 0 Å². The largest absolute Gasteiger partial charge is 0.464 e. The summed E-state index contributed by atoms with van der Waals surface area (Å²) in [5.41, 5.74) is 9.86. The third kappa shape index (κ3) is 7.77. The van der Waals surface area contributed by atoms with Crippen LogP contribution < -0.4 is 10.5 Å². The molecule has 228 valence electrons. The lowest BCUT2D eigenvalue weighted by Crippen LogP contribution is -2.56. The lowest BCUT2D eigenvalue weighted by Gasteiger charge is -2.36. The molecule has 0 aromatic heterocycles. The first-order chi connectivity index (χ1) is 19.5. The highest BCUT2D eigenvalue weighted by Gasteiger charge is 2.38. The fourth-order valence-electron chi connectivity index (χ4n) is 5.36. The highest BCUT2D eigenvalue weighted by Crippen LogP contribution is 2.25. The first kappa shape index (κ1) is 33.3. The number of hydrogen-bond donors (Lipinski definition) is 3. The van der Waals surface area contributed by atoms with Gasteiger partial charge in [-0.2, -0.15) is 4.72 Å². The van der Waals surface area contributed by atoms with E-state index in [2.05, 4.69) is 9.62 Å². The van der Waals surface area contributed by atoms with Crippen LogP contribution in [0, 0.1) is 5.41 Å². The van der Waals surface area contributed by atoms with Crippen LogP contribution in [0.1, 0.15) is 48.9 Å². The molecule has 10 nitrogen and oxygen atoms in total. The van der Waals surface area contributed by atoms with Crippen molar-refractivity contribution >= 4 is 40.1 Å². The van der Waals surface area contributed by atoms with Crippen LogP contribution in [0.2, 0.25) is 0 Å². The van der Waals surface area contributed by atoms with Gasteiger partial charge in [0.1, 0.15) is 17.9 Å². The van der Waals surface area contributed by atoms with Crippen molar-refractivity contribution in [1.29, 1.82) is 5.41 Å². The van der Waals surface area contributed by atoms with Crippen molar-refractivity contribution in [3.05, 3.63) is 76.4 Å². The highest BCUT2D eigenvalue weighted by molar-refractivity contribution is 7.89. The van der Waals surface area contributed by atoms with E-state index in [0.717, 1.165) is 36.1 Å². The van der Waals surface area contributed by atoms with Crippen molar-refractivity contribution in [3.8, 4) is 0 Å². The molecule has 2 aliphatic rings. The van der Waals surface area contributed by atoms with Crippen molar-refractivity contribution in [2.24, 2.45) is 5.73 Å². The maximum atomic E-state index is 14.1. The smallest absolute Gasteiger partial charge is 0.329 e. The topological polar surface area (TPSA) is 146 Å². The van der Waals surface area contributed by atoms with Crippen LogP contribution in [0.15, 0.2) is 59.0 Å². The molecular weight excluding hydrogens is 578 g/mol. The number of likely N-dealkylation sites (N-methyl/N-ethyl adjacent to an activating group) is 1. The van der Waals surface area contributed by atoms with Gasteiger partial charge in [-0.25, -0.2) is 13.2 Å². The van der Waals surface area contributed by atoms with E-state index in [1.165, 1.54) is 4.90 Å². The average Bonchev–Trinajstić information content (AvgIpc) is 2.95. The Balaban J connectivity index is 0.00000484. The standard InChI is InChI=1S/C30H39N5O5S.ClH/c1-4-20-11-14-35(27(17-20)30(37)40-5-2)29(36)26(16-21-7-6-8-23(15-21)28(31)32)33-41(38,39)25-10-9-22-12-13-34(3)19-24(22)18-25;/h6-11,15,18,26-27,33H,4-5,12-14,16-17,19H2,1-3H3,(H3,31,32);1H/t26-,27?;/m0./s1. The van der Waals surface area contributed by atoms with Crippen LogP contribution in [0.25, 0.3) is 0 Å². The molecular formula is C30H40ClN5O5S. The predicted octanol–water partition coefficient (Wildman–Crippen LogP) is 2.77. The van der Waals surface area contributed by atoms with Gasteiger partial charge in [0.15, 0.2) is 0 Å². The summed E-state index contributed by atoms with van der Waals surface area (Å²) in [6, 6.07) is 9.82. The molecule has 2 atom stereocenters. The summed E-state index contributed by atoms with van der Waals surface area (Å²) in [5.74, 6) is -1.17. The lowest BCUT2D eigenvalue weighted by molar-refractivity contribution is -0.155. The number of carbonyl (C=O) groups is 2. The van der Waals surface area contributed by atoms with Gasteiger partial charge in [0.05, 0.1) is 11.5 Å². The van der Waals surface area contributed by atoms with E-state index in [0.29, 0.717) is 24.1 Å². The number of amidine groups is 1. The predicted molar refractivity (Wildman–Crippen MR) is 164 cm³/mol. The summed E-state index contributed by atoms with van der Waals surface area (Å²) in [4.78, 5) is 30.6. The summed E-state index contributed by atoms with van der Waals surface area (Å²) in [6.07, 6.45) is 3.82. The minimum absolute atomic E-state index is 0. The van der Waals surface area contributed by atoms with Gasteiger partial charge in [-0.05, 0) is 74.5 Å². The number of fused-ring (bicyclic) bond motifs is 1. The number of benzene rings is 2. The van der Waals surface area contributed by atoms with Gasteiger partial charge in [-0.15, -0.1) is 12.4 Å². The van der Waals surface area contributed by atoms with Crippen molar-refractivity contribution in [2.75, 3.05) is 26.7 Å². The Morgan fingerprint density at radius 2 is 1.93 bits per heavy atom. The van der Waals surface area contributed by atoms with E-state index < -0.39 is 34.0 Å². The molecule has 1 amide bonds. The van der Waals surface area contributed by atoms with Gasteiger partial charge >= 0.3 is 5.97 Å². The molecule has 2 heterocycles. The molecule has 0 fully saturated rings. The fourth-order valence-corrected chi connectivity index (χ4v) is 6.60. The molecule has 2 aromatic carbocycles. The first-order valence-corrected chi connectivity index (χ1v) is 15.4. The minimum Gasteiger partial charge on any atom is -0.464 e. The van der Waals surface area contributed by atoms with Gasteiger partial charge in [0.25, 0.3) is 0 Å². The van der Waals surface area contributed by atoms with Crippen LogP contribution in [0.3, 0.4) is 0 Å². The number of carbonyl (C=O) groups excluding carboxylic acids is 2. The molecule has 0 bridgehead atoms. The molecule has 0 saturated carbocycles. The van der Waals surface area contributed by atoms with Crippen LogP contribution >= 0.6 is 12.4 Å². The third-order valence-corrected chi connectivity index (χ3v) is 9.14.